The Balaban J connectivity index is 1.82. The van der Waals surface area contributed by atoms with Crippen molar-refractivity contribution >= 4 is 11.6 Å². The van der Waals surface area contributed by atoms with E-state index in [0.29, 0.717) is 16.8 Å². The fourth-order valence-corrected chi connectivity index (χ4v) is 3.07. The molecule has 1 amide bonds. The minimum Gasteiger partial charge on any atom is -0.339 e. The molecule has 0 bridgehead atoms. The van der Waals surface area contributed by atoms with Crippen LogP contribution in [0.1, 0.15) is 28.8 Å². The lowest BCUT2D eigenvalue weighted by Gasteiger charge is -2.16. The lowest BCUT2D eigenvalue weighted by Crippen LogP contribution is -2.27. The van der Waals surface area contributed by atoms with Crippen LogP contribution >= 0.6 is 0 Å². The minimum absolute atomic E-state index is 0.0351. The largest absolute Gasteiger partial charge is 0.339 e. The molecule has 4 rings (SSSR count). The summed E-state index contributed by atoms with van der Waals surface area (Å²) >= 11 is 0. The van der Waals surface area contributed by atoms with E-state index in [9.17, 15) is 4.79 Å². The van der Waals surface area contributed by atoms with Gasteiger partial charge in [-0.2, -0.15) is 10.4 Å². The third-order valence-electron chi connectivity index (χ3n) is 4.33. The molecule has 118 valence electrons. The van der Waals surface area contributed by atoms with Gasteiger partial charge in [0.25, 0.3) is 5.91 Å². The van der Waals surface area contributed by atoms with Gasteiger partial charge in [0.05, 0.1) is 17.3 Å². The van der Waals surface area contributed by atoms with Crippen LogP contribution in [0.25, 0.3) is 16.9 Å². The third-order valence-corrected chi connectivity index (χ3v) is 4.33. The van der Waals surface area contributed by atoms with E-state index in [2.05, 4.69) is 16.2 Å². The fraction of sp³-hybridized carbons (Fsp3) is 0.222. The molecule has 3 aromatic rings. The van der Waals surface area contributed by atoms with Crippen molar-refractivity contribution in [2.24, 2.45) is 0 Å². The van der Waals surface area contributed by atoms with Gasteiger partial charge in [-0.15, -0.1) is 0 Å². The standard InChI is InChI=1S/C18H15N5O/c19-11-13-3-5-14(6-4-13)16-9-15(10-17-20-12-21-23(16)17)18(24)22-7-1-2-8-22/h3-6,9-10,12H,1-2,7-8H2. The first-order valence-electron chi connectivity index (χ1n) is 7.90. The monoisotopic (exact) mass is 317 g/mol. The van der Waals surface area contributed by atoms with Gasteiger partial charge in [0.1, 0.15) is 6.33 Å². The Kier molecular flexibility index (Phi) is 3.47. The molecule has 0 radical (unpaired) electrons. The van der Waals surface area contributed by atoms with E-state index in [1.54, 1.807) is 22.7 Å². The number of hydrogen-bond acceptors (Lipinski definition) is 4. The molecule has 6 nitrogen and oxygen atoms in total. The molecule has 2 aromatic heterocycles. The average Bonchev–Trinajstić information content (AvgIpc) is 3.31. The second kappa shape index (κ2) is 5.78. The Labute approximate surface area is 139 Å². The zero-order valence-corrected chi connectivity index (χ0v) is 13.0. The molecule has 0 saturated carbocycles. The number of likely N-dealkylation sites (tertiary alicyclic amines) is 1. The van der Waals surface area contributed by atoms with Gasteiger partial charge >= 0.3 is 0 Å². The molecule has 1 saturated heterocycles. The molecule has 3 heterocycles. The van der Waals surface area contributed by atoms with Crippen molar-refractivity contribution in [1.29, 1.82) is 5.26 Å². The lowest BCUT2D eigenvalue weighted by molar-refractivity contribution is 0.0793. The Bertz CT molecular complexity index is 946. The summed E-state index contributed by atoms with van der Waals surface area (Å²) in [4.78, 5) is 18.8. The van der Waals surface area contributed by atoms with Crippen LogP contribution in [-0.4, -0.2) is 38.5 Å². The third kappa shape index (κ3) is 2.40. The Morgan fingerprint density at radius 1 is 1.12 bits per heavy atom. The number of nitrogens with zero attached hydrogens (tertiary/aromatic N) is 5. The van der Waals surface area contributed by atoms with E-state index >= 15 is 0 Å². The maximum atomic E-state index is 12.7. The predicted molar refractivity (Wildman–Crippen MR) is 88.3 cm³/mol. The zero-order chi connectivity index (χ0) is 16.5. The summed E-state index contributed by atoms with van der Waals surface area (Å²) in [5.41, 5.74) is 3.53. The number of hydrogen-bond donors (Lipinski definition) is 0. The molecule has 0 unspecified atom stereocenters. The van der Waals surface area contributed by atoms with Gasteiger partial charge in [-0.3, -0.25) is 4.79 Å². The number of amides is 1. The van der Waals surface area contributed by atoms with Crippen molar-refractivity contribution in [1.82, 2.24) is 19.5 Å². The molecular weight excluding hydrogens is 302 g/mol. The van der Waals surface area contributed by atoms with E-state index in [0.717, 1.165) is 37.2 Å². The minimum atomic E-state index is 0.0351. The highest BCUT2D eigenvalue weighted by atomic mass is 16.2. The van der Waals surface area contributed by atoms with Gasteiger partial charge in [-0.05, 0) is 37.1 Å². The van der Waals surface area contributed by atoms with E-state index in [4.69, 9.17) is 5.26 Å². The summed E-state index contributed by atoms with van der Waals surface area (Å²) in [5, 5.41) is 13.2. The van der Waals surface area contributed by atoms with Crippen molar-refractivity contribution in [3.8, 4) is 17.3 Å². The topological polar surface area (TPSA) is 74.3 Å². The lowest BCUT2D eigenvalue weighted by atomic mass is 10.1. The van der Waals surface area contributed by atoms with Crippen molar-refractivity contribution in [3.05, 3.63) is 53.9 Å². The molecule has 1 fully saturated rings. The molecule has 1 aliphatic rings. The van der Waals surface area contributed by atoms with Crippen LogP contribution in [0, 0.1) is 11.3 Å². The highest BCUT2D eigenvalue weighted by Crippen LogP contribution is 2.24. The Morgan fingerprint density at radius 3 is 2.58 bits per heavy atom. The van der Waals surface area contributed by atoms with Crippen LogP contribution in [0.3, 0.4) is 0 Å². The Hall–Kier alpha value is -3.20. The number of nitriles is 1. The molecule has 6 heteroatoms. The first kappa shape index (κ1) is 14.4. The van der Waals surface area contributed by atoms with Crippen molar-refractivity contribution in [3.63, 3.8) is 0 Å². The number of carbonyl (C=O) groups excluding carboxylic acids is 1. The molecule has 0 spiro atoms. The number of aromatic nitrogens is 3. The normalized spacial score (nSPS) is 14.0. The summed E-state index contributed by atoms with van der Waals surface area (Å²) in [6, 6.07) is 13.0. The van der Waals surface area contributed by atoms with Crippen LogP contribution in [0.2, 0.25) is 0 Å². The number of pyridine rings is 1. The van der Waals surface area contributed by atoms with E-state index in [1.807, 2.05) is 23.1 Å². The predicted octanol–water partition coefficient (Wildman–Crippen LogP) is 2.50. The molecular formula is C18H15N5O. The highest BCUT2D eigenvalue weighted by Gasteiger charge is 2.21. The van der Waals surface area contributed by atoms with Gasteiger partial charge in [0, 0.05) is 24.2 Å². The molecule has 1 aliphatic heterocycles. The maximum Gasteiger partial charge on any atom is 0.254 e. The summed E-state index contributed by atoms with van der Waals surface area (Å²) in [6.07, 6.45) is 3.59. The summed E-state index contributed by atoms with van der Waals surface area (Å²) in [6.45, 7) is 1.62. The quantitative estimate of drug-likeness (QED) is 0.728. The summed E-state index contributed by atoms with van der Waals surface area (Å²) in [7, 11) is 0. The van der Waals surface area contributed by atoms with Crippen LogP contribution in [-0.2, 0) is 0 Å². The zero-order valence-electron chi connectivity index (χ0n) is 13.0. The van der Waals surface area contributed by atoms with E-state index in [1.165, 1.54) is 6.33 Å². The first-order valence-corrected chi connectivity index (χ1v) is 7.90. The summed E-state index contributed by atoms with van der Waals surface area (Å²) < 4.78 is 1.71. The van der Waals surface area contributed by atoms with Gasteiger partial charge in [0.2, 0.25) is 0 Å². The van der Waals surface area contributed by atoms with Gasteiger partial charge in [-0.25, -0.2) is 9.50 Å². The maximum absolute atomic E-state index is 12.7. The van der Waals surface area contributed by atoms with Crippen LogP contribution in [0.5, 0.6) is 0 Å². The van der Waals surface area contributed by atoms with Gasteiger partial charge in [-0.1, -0.05) is 12.1 Å². The van der Waals surface area contributed by atoms with Crippen LogP contribution in [0.15, 0.2) is 42.7 Å². The second-order valence-electron chi connectivity index (χ2n) is 5.85. The van der Waals surface area contributed by atoms with Gasteiger partial charge < -0.3 is 4.90 Å². The van der Waals surface area contributed by atoms with Crippen LogP contribution in [0.4, 0.5) is 0 Å². The first-order chi connectivity index (χ1) is 11.8. The van der Waals surface area contributed by atoms with E-state index < -0.39 is 0 Å². The molecule has 1 aromatic carbocycles. The second-order valence-corrected chi connectivity index (χ2v) is 5.85. The fourth-order valence-electron chi connectivity index (χ4n) is 3.07. The average molecular weight is 317 g/mol. The number of rotatable bonds is 2. The van der Waals surface area contributed by atoms with E-state index in [-0.39, 0.29) is 5.91 Å². The number of carbonyl (C=O) groups is 1. The van der Waals surface area contributed by atoms with Gasteiger partial charge in [0.15, 0.2) is 5.65 Å². The van der Waals surface area contributed by atoms with Crippen molar-refractivity contribution < 1.29 is 4.79 Å². The smallest absolute Gasteiger partial charge is 0.254 e. The SMILES string of the molecule is N#Cc1ccc(-c2cc(C(=O)N3CCCC3)cc3ncnn23)cc1. The molecule has 0 N–H and O–H groups in total. The molecule has 0 atom stereocenters. The van der Waals surface area contributed by atoms with Crippen molar-refractivity contribution in [2.75, 3.05) is 13.1 Å². The van der Waals surface area contributed by atoms with Crippen LogP contribution < -0.4 is 0 Å². The molecule has 24 heavy (non-hydrogen) atoms. The summed E-state index contributed by atoms with van der Waals surface area (Å²) in [5.74, 6) is 0.0351. The molecule has 0 aliphatic carbocycles. The Morgan fingerprint density at radius 2 is 1.88 bits per heavy atom. The highest BCUT2D eigenvalue weighted by molar-refractivity contribution is 5.96. The number of benzene rings is 1. The van der Waals surface area contributed by atoms with Crippen molar-refractivity contribution in [2.45, 2.75) is 12.8 Å². The number of fused-ring (bicyclic) bond motifs is 1.